The van der Waals surface area contributed by atoms with Gasteiger partial charge in [0.15, 0.2) is 0 Å². The Balaban J connectivity index is 1.93. The third-order valence-corrected chi connectivity index (χ3v) is 3.35. The molecule has 26 heavy (non-hydrogen) atoms. The van der Waals surface area contributed by atoms with Crippen molar-refractivity contribution in [3.05, 3.63) is 54.1 Å². The SMILES string of the molecule is CCOC(=O)c1ccccc1NCC(=O)Nc1ccc(NC(C)=O)cc1. The van der Waals surface area contributed by atoms with Crippen LogP contribution in [0.2, 0.25) is 0 Å². The molecule has 3 N–H and O–H groups in total. The molecule has 0 saturated heterocycles. The molecule has 0 aliphatic carbocycles. The van der Waals surface area contributed by atoms with Crippen molar-refractivity contribution in [1.82, 2.24) is 0 Å². The van der Waals surface area contributed by atoms with Crippen LogP contribution in [0.4, 0.5) is 17.1 Å². The first-order valence-electron chi connectivity index (χ1n) is 8.17. The molecule has 7 heteroatoms. The van der Waals surface area contributed by atoms with Crippen LogP contribution in [0.5, 0.6) is 0 Å². The lowest BCUT2D eigenvalue weighted by molar-refractivity contribution is -0.115. The predicted molar refractivity (Wildman–Crippen MR) is 100 cm³/mol. The monoisotopic (exact) mass is 355 g/mol. The van der Waals surface area contributed by atoms with E-state index in [1.54, 1.807) is 55.5 Å². The Morgan fingerprint density at radius 3 is 2.15 bits per heavy atom. The second-order valence-electron chi connectivity index (χ2n) is 5.43. The van der Waals surface area contributed by atoms with Crippen molar-refractivity contribution in [2.45, 2.75) is 13.8 Å². The summed E-state index contributed by atoms with van der Waals surface area (Å²) in [5, 5.41) is 8.33. The Morgan fingerprint density at radius 1 is 0.923 bits per heavy atom. The number of para-hydroxylation sites is 1. The van der Waals surface area contributed by atoms with Crippen LogP contribution in [0.25, 0.3) is 0 Å². The number of carbonyl (C=O) groups is 3. The fourth-order valence-corrected chi connectivity index (χ4v) is 2.24. The topological polar surface area (TPSA) is 96.5 Å². The molecule has 0 unspecified atom stereocenters. The van der Waals surface area contributed by atoms with Crippen molar-refractivity contribution in [2.24, 2.45) is 0 Å². The zero-order valence-corrected chi connectivity index (χ0v) is 14.7. The van der Waals surface area contributed by atoms with Crippen LogP contribution in [0.15, 0.2) is 48.5 Å². The van der Waals surface area contributed by atoms with Gasteiger partial charge in [-0.15, -0.1) is 0 Å². The standard InChI is InChI=1S/C19H21N3O4/c1-3-26-19(25)16-6-4-5-7-17(16)20-12-18(24)22-15-10-8-14(9-11-15)21-13(2)23/h4-11,20H,3,12H2,1-2H3,(H,21,23)(H,22,24). The van der Waals surface area contributed by atoms with E-state index in [-0.39, 0.29) is 25.0 Å². The zero-order valence-electron chi connectivity index (χ0n) is 14.7. The number of nitrogens with one attached hydrogen (secondary N) is 3. The van der Waals surface area contributed by atoms with Crippen LogP contribution in [0, 0.1) is 0 Å². The van der Waals surface area contributed by atoms with Crippen LogP contribution in [0.3, 0.4) is 0 Å². The van der Waals surface area contributed by atoms with Gasteiger partial charge in [0.05, 0.1) is 18.7 Å². The molecule has 0 atom stereocenters. The maximum absolute atomic E-state index is 12.1. The van der Waals surface area contributed by atoms with Gasteiger partial charge in [-0.1, -0.05) is 12.1 Å². The van der Waals surface area contributed by atoms with Crippen LogP contribution < -0.4 is 16.0 Å². The molecule has 0 aliphatic rings. The average molecular weight is 355 g/mol. The summed E-state index contributed by atoms with van der Waals surface area (Å²) in [5.74, 6) is -0.869. The third-order valence-electron chi connectivity index (χ3n) is 3.35. The smallest absolute Gasteiger partial charge is 0.340 e. The number of anilines is 3. The minimum absolute atomic E-state index is 0.0101. The summed E-state index contributed by atoms with van der Waals surface area (Å²) in [7, 11) is 0. The van der Waals surface area contributed by atoms with Crippen molar-refractivity contribution >= 4 is 34.8 Å². The zero-order chi connectivity index (χ0) is 18.9. The van der Waals surface area contributed by atoms with E-state index in [4.69, 9.17) is 4.74 Å². The molecular formula is C19H21N3O4. The quantitative estimate of drug-likeness (QED) is 0.664. The van der Waals surface area contributed by atoms with Gasteiger partial charge in [-0.25, -0.2) is 4.79 Å². The van der Waals surface area contributed by atoms with Crippen molar-refractivity contribution in [1.29, 1.82) is 0 Å². The number of benzene rings is 2. The molecule has 0 spiro atoms. The van der Waals surface area contributed by atoms with Crippen molar-refractivity contribution < 1.29 is 19.1 Å². The predicted octanol–water partition coefficient (Wildman–Crippen LogP) is 2.87. The molecule has 2 aromatic rings. The molecule has 7 nitrogen and oxygen atoms in total. The number of amides is 2. The second-order valence-corrected chi connectivity index (χ2v) is 5.43. The van der Waals surface area contributed by atoms with Crippen LogP contribution in [-0.4, -0.2) is 30.9 Å². The number of hydrogen-bond donors (Lipinski definition) is 3. The Hall–Kier alpha value is -3.35. The lowest BCUT2D eigenvalue weighted by Gasteiger charge is -2.11. The van der Waals surface area contributed by atoms with Crippen molar-refractivity contribution in [2.75, 3.05) is 29.1 Å². The summed E-state index contributed by atoms with van der Waals surface area (Å²) in [4.78, 5) is 35.0. The molecule has 2 amide bonds. The van der Waals surface area contributed by atoms with Gasteiger partial charge in [0.1, 0.15) is 0 Å². The summed E-state index contributed by atoms with van der Waals surface area (Å²) in [5.41, 5.74) is 2.16. The van der Waals surface area contributed by atoms with Crippen LogP contribution >= 0.6 is 0 Å². The van der Waals surface area contributed by atoms with E-state index in [1.165, 1.54) is 6.92 Å². The number of esters is 1. The number of rotatable bonds is 7. The van der Waals surface area contributed by atoms with E-state index in [2.05, 4.69) is 16.0 Å². The average Bonchev–Trinajstić information content (AvgIpc) is 2.61. The van der Waals surface area contributed by atoms with Crippen LogP contribution in [0.1, 0.15) is 24.2 Å². The summed E-state index contributed by atoms with van der Waals surface area (Å²) < 4.78 is 5.00. The first-order chi connectivity index (χ1) is 12.5. The van der Waals surface area contributed by atoms with Gasteiger partial charge in [-0.2, -0.15) is 0 Å². The number of hydrogen-bond acceptors (Lipinski definition) is 5. The van der Waals surface area contributed by atoms with Crippen molar-refractivity contribution in [3.8, 4) is 0 Å². The molecular weight excluding hydrogens is 334 g/mol. The highest BCUT2D eigenvalue weighted by atomic mass is 16.5. The number of carbonyl (C=O) groups excluding carboxylic acids is 3. The van der Waals surface area contributed by atoms with Gasteiger partial charge in [0, 0.05) is 24.0 Å². The summed E-state index contributed by atoms with van der Waals surface area (Å²) in [6.45, 7) is 3.43. The van der Waals surface area contributed by atoms with E-state index in [0.717, 1.165) is 0 Å². The van der Waals surface area contributed by atoms with E-state index < -0.39 is 5.97 Å². The molecule has 0 aromatic heterocycles. The minimum Gasteiger partial charge on any atom is -0.462 e. The van der Waals surface area contributed by atoms with Gasteiger partial charge in [-0.05, 0) is 43.3 Å². The van der Waals surface area contributed by atoms with E-state index in [9.17, 15) is 14.4 Å². The molecule has 0 radical (unpaired) electrons. The Kier molecular flexibility index (Phi) is 6.73. The molecule has 2 aromatic carbocycles. The maximum atomic E-state index is 12.1. The third kappa shape index (κ3) is 5.62. The fourth-order valence-electron chi connectivity index (χ4n) is 2.24. The molecule has 2 rings (SSSR count). The molecule has 0 bridgehead atoms. The van der Waals surface area contributed by atoms with Gasteiger partial charge >= 0.3 is 5.97 Å². The summed E-state index contributed by atoms with van der Waals surface area (Å²) in [6.07, 6.45) is 0. The Morgan fingerprint density at radius 2 is 1.54 bits per heavy atom. The van der Waals surface area contributed by atoms with E-state index >= 15 is 0 Å². The Labute approximate surface area is 151 Å². The van der Waals surface area contributed by atoms with E-state index in [0.29, 0.717) is 22.6 Å². The fraction of sp³-hybridized carbons (Fsp3) is 0.211. The lowest BCUT2D eigenvalue weighted by Crippen LogP contribution is -2.22. The second kappa shape index (κ2) is 9.22. The van der Waals surface area contributed by atoms with Crippen LogP contribution in [-0.2, 0) is 14.3 Å². The van der Waals surface area contributed by atoms with Gasteiger partial charge in [0.2, 0.25) is 11.8 Å². The largest absolute Gasteiger partial charge is 0.462 e. The highest BCUT2D eigenvalue weighted by molar-refractivity contribution is 5.98. The maximum Gasteiger partial charge on any atom is 0.340 e. The minimum atomic E-state index is -0.440. The molecule has 136 valence electrons. The molecule has 0 saturated carbocycles. The number of ether oxygens (including phenoxy) is 1. The molecule has 0 fully saturated rings. The van der Waals surface area contributed by atoms with E-state index in [1.807, 2.05) is 0 Å². The highest BCUT2D eigenvalue weighted by Crippen LogP contribution is 2.17. The van der Waals surface area contributed by atoms with Gasteiger partial charge < -0.3 is 20.7 Å². The molecule has 0 heterocycles. The lowest BCUT2D eigenvalue weighted by atomic mass is 10.2. The molecule has 0 aliphatic heterocycles. The first kappa shape index (κ1) is 19.0. The van der Waals surface area contributed by atoms with Gasteiger partial charge in [-0.3, -0.25) is 9.59 Å². The normalized spacial score (nSPS) is 9.92. The first-order valence-corrected chi connectivity index (χ1v) is 8.17. The Bertz CT molecular complexity index is 788. The highest BCUT2D eigenvalue weighted by Gasteiger charge is 2.12. The summed E-state index contributed by atoms with van der Waals surface area (Å²) in [6, 6.07) is 13.6. The summed E-state index contributed by atoms with van der Waals surface area (Å²) >= 11 is 0. The van der Waals surface area contributed by atoms with Crippen molar-refractivity contribution in [3.63, 3.8) is 0 Å². The van der Waals surface area contributed by atoms with Gasteiger partial charge in [0.25, 0.3) is 0 Å².